The van der Waals surface area contributed by atoms with Gasteiger partial charge in [0.2, 0.25) is 0 Å². The molecule has 0 aliphatic carbocycles. The molecule has 0 atom stereocenters. The molecule has 0 amide bonds. The minimum absolute atomic E-state index is 0.926. The second-order valence-corrected chi connectivity index (χ2v) is 12.9. The molecule has 2 aromatic rings. The molecule has 136 valence electrons. The Labute approximate surface area is 230 Å². The summed E-state index contributed by atoms with van der Waals surface area (Å²) in [5, 5.41) is 0. The van der Waals surface area contributed by atoms with Crippen molar-refractivity contribution in [3.63, 3.8) is 0 Å². The van der Waals surface area contributed by atoms with E-state index in [-0.39, 0.29) is 0 Å². The molecule has 25 heavy (non-hydrogen) atoms. The van der Waals surface area contributed by atoms with E-state index >= 15 is 0 Å². The Morgan fingerprint density at radius 3 is 0.760 bits per heavy atom. The maximum Gasteiger partial charge on any atom is 0.0482 e. The fourth-order valence-electron chi connectivity index (χ4n) is 2.18. The van der Waals surface area contributed by atoms with E-state index in [1.54, 1.807) is 0 Å². The van der Waals surface area contributed by atoms with Crippen LogP contribution in [-0.2, 0) is 12.8 Å². The van der Waals surface area contributed by atoms with Crippen LogP contribution in [0.2, 0.25) is 0 Å². The van der Waals surface area contributed by atoms with Crippen molar-refractivity contribution in [1.82, 2.24) is 0 Å². The average molecular weight is 985 g/mol. The van der Waals surface area contributed by atoms with Crippen LogP contribution in [0.3, 0.4) is 0 Å². The number of rotatable bonds is 4. The normalized spacial score (nSPS) is 11.3. The van der Waals surface area contributed by atoms with Gasteiger partial charge >= 0.3 is 0 Å². The zero-order chi connectivity index (χ0) is 19.0. The maximum absolute atomic E-state index is 3.70. The monoisotopic (exact) mass is 975 g/mol. The van der Waals surface area contributed by atoms with Crippen LogP contribution in [0, 0.1) is 0 Å². The zero-order valence-corrected chi connectivity index (χ0v) is 27.8. The molecule has 0 fully saturated rings. The van der Waals surface area contributed by atoms with Gasteiger partial charge in [-0.25, -0.2) is 0 Å². The largest absolute Gasteiger partial charge is 0.0492 e. The summed E-state index contributed by atoms with van der Waals surface area (Å²) in [6, 6.07) is 0. The van der Waals surface area contributed by atoms with E-state index in [1.165, 1.54) is 11.1 Å². The standard InChI is InChI=1S/C15H6Br10/c16-6-4(7(17)11(21)14(24)10(6)20)2-1-3-5-8(18)12(22)15(25)13(23)9(5)19/h1-3H2. The Morgan fingerprint density at radius 2 is 0.520 bits per heavy atom. The van der Waals surface area contributed by atoms with E-state index in [1.807, 2.05) is 0 Å². The van der Waals surface area contributed by atoms with Crippen LogP contribution >= 0.6 is 159 Å². The highest BCUT2D eigenvalue weighted by Gasteiger charge is 2.19. The third kappa shape index (κ3) is 5.30. The summed E-state index contributed by atoms with van der Waals surface area (Å²) in [6.45, 7) is 0. The molecule has 2 aromatic carbocycles. The predicted molar refractivity (Wildman–Crippen MR) is 142 cm³/mol. The average Bonchev–Trinajstić information content (AvgIpc) is 2.60. The van der Waals surface area contributed by atoms with E-state index in [9.17, 15) is 0 Å². The van der Waals surface area contributed by atoms with Crippen molar-refractivity contribution >= 4 is 159 Å². The van der Waals surface area contributed by atoms with Gasteiger partial charge in [-0.1, -0.05) is 0 Å². The first-order valence-corrected chi connectivity index (χ1v) is 14.5. The first-order chi connectivity index (χ1) is 11.6. The summed E-state index contributed by atoms with van der Waals surface area (Å²) in [5.74, 6) is 0. The highest BCUT2D eigenvalue weighted by atomic mass is 79.9. The van der Waals surface area contributed by atoms with Gasteiger partial charge in [-0.2, -0.15) is 0 Å². The van der Waals surface area contributed by atoms with Crippen molar-refractivity contribution in [1.29, 1.82) is 0 Å². The van der Waals surface area contributed by atoms with Gasteiger partial charge in [0.15, 0.2) is 0 Å². The summed E-state index contributed by atoms with van der Waals surface area (Å²) in [7, 11) is 0. The highest BCUT2D eigenvalue weighted by molar-refractivity contribution is 9.16. The summed E-state index contributed by atoms with van der Waals surface area (Å²) < 4.78 is 10.3. The molecule has 0 radical (unpaired) electrons. The van der Waals surface area contributed by atoms with E-state index in [0.717, 1.165) is 64.0 Å². The lowest BCUT2D eigenvalue weighted by atomic mass is 10.0. The number of hydrogen-bond donors (Lipinski definition) is 0. The molecule has 0 unspecified atom stereocenters. The lowest BCUT2D eigenvalue weighted by Gasteiger charge is -2.16. The summed E-state index contributed by atoms with van der Waals surface area (Å²) in [6.07, 6.45) is 2.85. The van der Waals surface area contributed by atoms with Gasteiger partial charge in [-0.05, 0) is 190 Å². The smallest absolute Gasteiger partial charge is 0.0482 e. The first-order valence-electron chi connectivity index (χ1n) is 6.60. The van der Waals surface area contributed by atoms with Crippen LogP contribution in [0.1, 0.15) is 17.5 Å². The number of benzene rings is 2. The fourth-order valence-corrected chi connectivity index (χ4v) is 9.23. The van der Waals surface area contributed by atoms with Crippen molar-refractivity contribution in [2.24, 2.45) is 0 Å². The second kappa shape index (κ2) is 10.5. The molecular weight excluding hydrogens is 979 g/mol. The number of hydrogen-bond acceptors (Lipinski definition) is 0. The summed E-state index contributed by atoms with van der Waals surface area (Å²) in [4.78, 5) is 0. The Hall–Kier alpha value is 3.24. The second-order valence-electron chi connectivity index (χ2n) is 4.95. The van der Waals surface area contributed by atoms with E-state index in [4.69, 9.17) is 0 Å². The molecule has 2 rings (SSSR count). The number of halogens is 10. The minimum atomic E-state index is 0.926. The maximum atomic E-state index is 3.70. The molecule has 0 nitrogen and oxygen atoms in total. The Balaban J connectivity index is 2.29. The van der Waals surface area contributed by atoms with Crippen molar-refractivity contribution in [3.05, 3.63) is 55.9 Å². The zero-order valence-electron chi connectivity index (χ0n) is 11.9. The van der Waals surface area contributed by atoms with Crippen molar-refractivity contribution in [2.75, 3.05) is 0 Å². The van der Waals surface area contributed by atoms with Crippen LogP contribution in [-0.4, -0.2) is 0 Å². The third-order valence-corrected chi connectivity index (χ3v) is 16.0. The molecule has 0 spiro atoms. The molecule has 0 aliphatic heterocycles. The molecule has 0 saturated carbocycles. The van der Waals surface area contributed by atoms with Crippen LogP contribution in [0.15, 0.2) is 44.7 Å². The van der Waals surface area contributed by atoms with E-state index in [2.05, 4.69) is 159 Å². The molecule has 0 saturated heterocycles. The van der Waals surface area contributed by atoms with Gasteiger partial charge < -0.3 is 0 Å². The SMILES string of the molecule is Brc1c(Br)c(Br)c(CCCc2c(Br)c(Br)c(Br)c(Br)c2Br)c(Br)c1Br. The van der Waals surface area contributed by atoms with Gasteiger partial charge in [0.05, 0.1) is 0 Å². The van der Waals surface area contributed by atoms with Crippen molar-refractivity contribution in [2.45, 2.75) is 19.3 Å². The molecule has 0 aliphatic rings. The van der Waals surface area contributed by atoms with Gasteiger partial charge in [-0.15, -0.1) is 0 Å². The molecule has 10 heteroatoms. The van der Waals surface area contributed by atoms with Crippen molar-refractivity contribution in [3.8, 4) is 0 Å². The quantitative estimate of drug-likeness (QED) is 0.212. The Morgan fingerprint density at radius 1 is 0.320 bits per heavy atom. The van der Waals surface area contributed by atoms with Gasteiger partial charge in [0.1, 0.15) is 0 Å². The molecule has 0 heterocycles. The molecule has 0 bridgehead atoms. The third-order valence-electron chi connectivity index (χ3n) is 3.45. The van der Waals surface area contributed by atoms with E-state index < -0.39 is 0 Å². The molecule has 0 N–H and O–H groups in total. The van der Waals surface area contributed by atoms with Crippen LogP contribution < -0.4 is 0 Å². The highest BCUT2D eigenvalue weighted by Crippen LogP contribution is 2.46. The molecule has 0 aromatic heterocycles. The van der Waals surface area contributed by atoms with Crippen LogP contribution in [0.25, 0.3) is 0 Å². The van der Waals surface area contributed by atoms with Gasteiger partial charge in [-0.3, -0.25) is 0 Å². The fraction of sp³-hybridized carbons (Fsp3) is 0.200. The summed E-state index contributed by atoms with van der Waals surface area (Å²) >= 11 is 36.4. The lowest BCUT2D eigenvalue weighted by Crippen LogP contribution is -1.98. The van der Waals surface area contributed by atoms with Gasteiger partial charge in [0.25, 0.3) is 0 Å². The van der Waals surface area contributed by atoms with Crippen molar-refractivity contribution < 1.29 is 0 Å². The summed E-state index contributed by atoms with van der Waals surface area (Å²) in [5.41, 5.74) is 2.45. The van der Waals surface area contributed by atoms with Gasteiger partial charge in [0, 0.05) is 44.7 Å². The Bertz CT molecular complexity index is 716. The van der Waals surface area contributed by atoms with Crippen LogP contribution in [0.5, 0.6) is 0 Å². The topological polar surface area (TPSA) is 0 Å². The predicted octanol–water partition coefficient (Wildman–Crippen LogP) is 11.5. The van der Waals surface area contributed by atoms with Crippen LogP contribution in [0.4, 0.5) is 0 Å². The molecular formula is C15H6Br10. The lowest BCUT2D eigenvalue weighted by molar-refractivity contribution is 0.806. The Kier molecular flexibility index (Phi) is 10.3. The van der Waals surface area contributed by atoms with E-state index in [0.29, 0.717) is 0 Å². The first kappa shape index (κ1) is 24.5. The minimum Gasteiger partial charge on any atom is -0.0492 e.